The lowest BCUT2D eigenvalue weighted by molar-refractivity contribution is -0.00403. The maximum absolute atomic E-state index is 5.88. The van der Waals surface area contributed by atoms with Gasteiger partial charge in [0.2, 0.25) is 0 Å². The number of imidazole rings is 1. The van der Waals surface area contributed by atoms with E-state index in [1.807, 2.05) is 24.1 Å². The molecule has 0 amide bonds. The molecule has 0 radical (unpaired) electrons. The van der Waals surface area contributed by atoms with Gasteiger partial charge in [-0.15, -0.1) is 11.3 Å². The highest BCUT2D eigenvalue weighted by atomic mass is 79.9. The minimum absolute atomic E-state index is 0.156. The first-order valence-corrected chi connectivity index (χ1v) is 8.44. The molecule has 0 bridgehead atoms. The number of aryl methyl sites for hydroxylation is 1. The highest BCUT2D eigenvalue weighted by Gasteiger charge is 2.25. The smallest absolute Gasteiger partial charge is 0.100 e. The Balaban J connectivity index is 1.57. The highest BCUT2D eigenvalue weighted by Crippen LogP contribution is 2.28. The van der Waals surface area contributed by atoms with Crippen LogP contribution in [0.2, 0.25) is 0 Å². The predicted octanol–water partition coefficient (Wildman–Crippen LogP) is 3.25. The van der Waals surface area contributed by atoms with E-state index >= 15 is 0 Å². The minimum atomic E-state index is 0.156. The van der Waals surface area contributed by atoms with Gasteiger partial charge in [-0.25, -0.2) is 4.98 Å². The molecular formula is C14H18BrN3OS. The van der Waals surface area contributed by atoms with Gasteiger partial charge in [0.1, 0.15) is 6.10 Å². The van der Waals surface area contributed by atoms with Crippen LogP contribution in [0.5, 0.6) is 0 Å². The molecule has 0 unspecified atom stereocenters. The van der Waals surface area contributed by atoms with Crippen molar-refractivity contribution >= 4 is 27.3 Å². The molecule has 1 saturated heterocycles. The van der Waals surface area contributed by atoms with Gasteiger partial charge in [0, 0.05) is 26.2 Å². The summed E-state index contributed by atoms with van der Waals surface area (Å²) in [7, 11) is 2.02. The Labute approximate surface area is 131 Å². The van der Waals surface area contributed by atoms with Crippen LogP contribution < -0.4 is 5.32 Å². The monoisotopic (exact) mass is 355 g/mol. The molecule has 4 nitrogen and oxygen atoms in total. The Kier molecular flexibility index (Phi) is 4.55. The lowest BCUT2D eigenvalue weighted by Crippen LogP contribution is -2.36. The molecule has 0 spiro atoms. The minimum Gasteiger partial charge on any atom is -0.372 e. The van der Waals surface area contributed by atoms with Crippen LogP contribution in [0.15, 0.2) is 27.8 Å². The standard InChI is InChI=1S/C14H18BrN3OS/c1-18-9-16-7-12(18)13-5-11(2-3-19-13)17-6-10-4-14(15)20-8-10/h4,7-9,11,13,17H,2-3,5-6H2,1H3/t11-,13-/m0/s1. The molecule has 1 N–H and O–H groups in total. The van der Waals surface area contributed by atoms with Gasteiger partial charge in [0.25, 0.3) is 0 Å². The van der Waals surface area contributed by atoms with Gasteiger partial charge >= 0.3 is 0 Å². The quantitative estimate of drug-likeness (QED) is 0.914. The fourth-order valence-corrected chi connectivity index (χ4v) is 3.78. The van der Waals surface area contributed by atoms with Crippen LogP contribution in [0.3, 0.4) is 0 Å². The van der Waals surface area contributed by atoms with Crippen LogP contribution in [-0.4, -0.2) is 22.2 Å². The topological polar surface area (TPSA) is 39.1 Å². The van der Waals surface area contributed by atoms with E-state index in [9.17, 15) is 0 Å². The maximum Gasteiger partial charge on any atom is 0.100 e. The summed E-state index contributed by atoms with van der Waals surface area (Å²) in [5.74, 6) is 0. The van der Waals surface area contributed by atoms with Crippen molar-refractivity contribution in [2.75, 3.05) is 6.61 Å². The Morgan fingerprint density at radius 2 is 2.50 bits per heavy atom. The molecule has 108 valence electrons. The van der Waals surface area contributed by atoms with Crippen LogP contribution in [0, 0.1) is 0 Å². The largest absolute Gasteiger partial charge is 0.372 e. The van der Waals surface area contributed by atoms with Gasteiger partial charge in [0.15, 0.2) is 0 Å². The zero-order valence-electron chi connectivity index (χ0n) is 11.4. The Hall–Kier alpha value is -0.690. The molecule has 2 aromatic heterocycles. The molecule has 2 aromatic rings. The summed E-state index contributed by atoms with van der Waals surface area (Å²) >= 11 is 5.23. The number of aromatic nitrogens is 2. The number of rotatable bonds is 4. The molecule has 6 heteroatoms. The second kappa shape index (κ2) is 6.39. The third kappa shape index (κ3) is 3.31. The van der Waals surface area contributed by atoms with E-state index in [0.29, 0.717) is 6.04 Å². The second-order valence-electron chi connectivity index (χ2n) is 5.15. The number of nitrogens with one attached hydrogen (secondary N) is 1. The molecule has 0 aromatic carbocycles. The van der Waals surface area contributed by atoms with E-state index in [1.165, 1.54) is 9.35 Å². The Morgan fingerprint density at radius 3 is 3.20 bits per heavy atom. The van der Waals surface area contributed by atoms with E-state index in [-0.39, 0.29) is 6.10 Å². The lowest BCUT2D eigenvalue weighted by Gasteiger charge is -2.30. The summed E-state index contributed by atoms with van der Waals surface area (Å²) in [6.45, 7) is 1.73. The molecular weight excluding hydrogens is 338 g/mol. The van der Waals surface area contributed by atoms with Gasteiger partial charge in [-0.2, -0.15) is 0 Å². The van der Waals surface area contributed by atoms with Crippen LogP contribution in [-0.2, 0) is 18.3 Å². The molecule has 0 aliphatic carbocycles. The summed E-state index contributed by atoms with van der Waals surface area (Å²) in [6, 6.07) is 2.68. The third-order valence-electron chi connectivity index (χ3n) is 3.68. The predicted molar refractivity (Wildman–Crippen MR) is 83.8 cm³/mol. The van der Waals surface area contributed by atoms with Crippen LogP contribution >= 0.6 is 27.3 Å². The first-order valence-electron chi connectivity index (χ1n) is 6.76. The Bertz CT molecular complexity index is 568. The SMILES string of the molecule is Cn1cncc1[C@@H]1C[C@@H](NCc2csc(Br)c2)CCO1. The maximum atomic E-state index is 5.88. The van der Waals surface area contributed by atoms with Crippen molar-refractivity contribution in [3.05, 3.63) is 39.0 Å². The summed E-state index contributed by atoms with van der Waals surface area (Å²) < 4.78 is 9.12. The van der Waals surface area contributed by atoms with Crippen molar-refractivity contribution in [2.45, 2.75) is 31.5 Å². The molecule has 3 heterocycles. The van der Waals surface area contributed by atoms with E-state index in [0.717, 1.165) is 31.7 Å². The molecule has 1 aliphatic rings. The zero-order chi connectivity index (χ0) is 13.9. The number of halogens is 1. The van der Waals surface area contributed by atoms with Crippen LogP contribution in [0.4, 0.5) is 0 Å². The summed E-state index contributed by atoms with van der Waals surface area (Å²) in [5, 5.41) is 5.83. The average Bonchev–Trinajstić information content (AvgIpc) is 3.05. The average molecular weight is 356 g/mol. The van der Waals surface area contributed by atoms with Gasteiger partial charge in [-0.1, -0.05) is 0 Å². The molecule has 1 fully saturated rings. The van der Waals surface area contributed by atoms with Crippen molar-refractivity contribution in [3.63, 3.8) is 0 Å². The van der Waals surface area contributed by atoms with Crippen LogP contribution in [0.1, 0.15) is 30.2 Å². The number of hydrogen-bond acceptors (Lipinski definition) is 4. The fraction of sp³-hybridized carbons (Fsp3) is 0.500. The number of ether oxygens (including phenoxy) is 1. The van der Waals surface area contributed by atoms with Crippen molar-refractivity contribution in [1.29, 1.82) is 0 Å². The van der Waals surface area contributed by atoms with Gasteiger partial charge in [-0.05, 0) is 45.8 Å². The van der Waals surface area contributed by atoms with E-state index in [2.05, 4.69) is 37.7 Å². The van der Waals surface area contributed by atoms with Gasteiger partial charge in [-0.3, -0.25) is 0 Å². The van der Waals surface area contributed by atoms with Crippen LogP contribution in [0.25, 0.3) is 0 Å². The molecule has 3 rings (SSSR count). The highest BCUT2D eigenvalue weighted by molar-refractivity contribution is 9.11. The fourth-order valence-electron chi connectivity index (χ4n) is 2.57. The first-order chi connectivity index (χ1) is 9.72. The van der Waals surface area contributed by atoms with Gasteiger partial charge in [0.05, 0.1) is 22.0 Å². The Morgan fingerprint density at radius 1 is 1.60 bits per heavy atom. The first kappa shape index (κ1) is 14.3. The summed E-state index contributed by atoms with van der Waals surface area (Å²) in [6.07, 6.45) is 5.97. The zero-order valence-corrected chi connectivity index (χ0v) is 13.8. The van der Waals surface area contributed by atoms with Crippen molar-refractivity contribution in [2.24, 2.45) is 7.05 Å². The molecule has 1 aliphatic heterocycles. The third-order valence-corrected chi connectivity index (χ3v) is 5.24. The van der Waals surface area contributed by atoms with E-state index < -0.39 is 0 Å². The van der Waals surface area contributed by atoms with E-state index in [4.69, 9.17) is 4.74 Å². The second-order valence-corrected chi connectivity index (χ2v) is 7.44. The number of thiophene rings is 1. The normalized spacial score (nSPS) is 23.1. The molecule has 0 saturated carbocycles. The summed E-state index contributed by atoms with van der Waals surface area (Å²) in [4.78, 5) is 4.18. The number of hydrogen-bond donors (Lipinski definition) is 1. The van der Waals surface area contributed by atoms with Crippen molar-refractivity contribution in [1.82, 2.24) is 14.9 Å². The molecule has 20 heavy (non-hydrogen) atoms. The van der Waals surface area contributed by atoms with Crippen molar-refractivity contribution in [3.8, 4) is 0 Å². The van der Waals surface area contributed by atoms with Gasteiger partial charge < -0.3 is 14.6 Å². The molecule has 2 atom stereocenters. The summed E-state index contributed by atoms with van der Waals surface area (Å²) in [5.41, 5.74) is 2.50. The van der Waals surface area contributed by atoms with Crippen molar-refractivity contribution < 1.29 is 4.74 Å². The lowest BCUT2D eigenvalue weighted by atomic mass is 10.0. The van der Waals surface area contributed by atoms with E-state index in [1.54, 1.807) is 11.3 Å². The number of nitrogens with zero attached hydrogens (tertiary/aromatic N) is 2.